The Morgan fingerprint density at radius 2 is 1.87 bits per heavy atom. The van der Waals surface area contributed by atoms with E-state index in [-0.39, 0.29) is 10.4 Å². The minimum Gasteiger partial charge on any atom is -0.269 e. The number of benzene rings is 1. The van der Waals surface area contributed by atoms with Gasteiger partial charge in [-0.25, -0.2) is 4.90 Å². The third-order valence-corrected chi connectivity index (χ3v) is 2.86. The molecule has 0 aromatic heterocycles. The van der Waals surface area contributed by atoms with E-state index in [9.17, 15) is 9.59 Å². The van der Waals surface area contributed by atoms with Gasteiger partial charge < -0.3 is 0 Å². The molecular formula is C10H5BrClNO2. The third kappa shape index (κ3) is 1.70. The Morgan fingerprint density at radius 3 is 2.40 bits per heavy atom. The molecule has 1 aromatic rings. The van der Waals surface area contributed by atoms with Gasteiger partial charge in [-0.3, -0.25) is 9.59 Å². The first-order valence-corrected chi connectivity index (χ1v) is 5.28. The largest absolute Gasteiger partial charge is 0.272 e. The monoisotopic (exact) mass is 285 g/mol. The Balaban J connectivity index is 2.47. The maximum atomic E-state index is 11.6. The Bertz CT molecular complexity index is 484. The van der Waals surface area contributed by atoms with Crippen molar-refractivity contribution in [1.82, 2.24) is 0 Å². The van der Waals surface area contributed by atoms with E-state index in [1.807, 2.05) is 0 Å². The number of hydrogen-bond acceptors (Lipinski definition) is 2. The van der Waals surface area contributed by atoms with Crippen LogP contribution in [0.4, 0.5) is 5.69 Å². The van der Waals surface area contributed by atoms with Crippen LogP contribution in [0.15, 0.2) is 34.8 Å². The first-order valence-electron chi connectivity index (χ1n) is 4.11. The van der Waals surface area contributed by atoms with Crippen molar-refractivity contribution in [2.45, 2.75) is 0 Å². The van der Waals surface area contributed by atoms with Crippen LogP contribution in [0.2, 0.25) is 5.02 Å². The highest BCUT2D eigenvalue weighted by Gasteiger charge is 2.31. The fraction of sp³-hybridized carbons (Fsp3) is 0. The standard InChI is InChI=1S/C10H5BrClNO2/c11-6-5-9(14)13(10(6)15)8-4-2-1-3-7(8)12/h1-5H. The van der Waals surface area contributed by atoms with Gasteiger partial charge in [0.05, 0.1) is 15.2 Å². The lowest BCUT2D eigenvalue weighted by Crippen LogP contribution is -2.30. The molecule has 0 unspecified atom stereocenters. The van der Waals surface area contributed by atoms with Crippen LogP contribution in [0.25, 0.3) is 0 Å². The summed E-state index contributed by atoms with van der Waals surface area (Å²) in [5, 5.41) is 0.370. The normalized spacial score (nSPS) is 15.9. The molecule has 15 heavy (non-hydrogen) atoms. The smallest absolute Gasteiger partial charge is 0.269 e. The molecule has 0 aliphatic carbocycles. The maximum Gasteiger partial charge on any atom is 0.272 e. The zero-order valence-electron chi connectivity index (χ0n) is 7.41. The van der Waals surface area contributed by atoms with E-state index >= 15 is 0 Å². The summed E-state index contributed by atoms with van der Waals surface area (Å²) in [5.74, 6) is -0.784. The second kappa shape index (κ2) is 3.79. The number of carbonyl (C=O) groups excluding carboxylic acids is 2. The predicted molar refractivity (Wildman–Crippen MR) is 61.0 cm³/mol. The van der Waals surface area contributed by atoms with Crippen molar-refractivity contribution in [3.8, 4) is 0 Å². The molecule has 0 spiro atoms. The van der Waals surface area contributed by atoms with Crippen LogP contribution >= 0.6 is 27.5 Å². The van der Waals surface area contributed by atoms with Gasteiger partial charge in [-0.05, 0) is 28.1 Å². The molecule has 0 atom stereocenters. The van der Waals surface area contributed by atoms with E-state index in [1.54, 1.807) is 24.3 Å². The van der Waals surface area contributed by atoms with Crippen LogP contribution in [0.5, 0.6) is 0 Å². The van der Waals surface area contributed by atoms with Crippen molar-refractivity contribution in [2.24, 2.45) is 0 Å². The molecule has 1 aliphatic rings. The number of halogens is 2. The zero-order chi connectivity index (χ0) is 11.0. The molecule has 2 amide bonds. The van der Waals surface area contributed by atoms with E-state index in [1.165, 1.54) is 6.08 Å². The molecular weight excluding hydrogens is 281 g/mol. The number of rotatable bonds is 1. The van der Waals surface area contributed by atoms with Crippen LogP contribution in [0.3, 0.4) is 0 Å². The minimum absolute atomic E-state index is 0.243. The van der Waals surface area contributed by atoms with Crippen molar-refractivity contribution in [3.63, 3.8) is 0 Å². The van der Waals surface area contributed by atoms with E-state index in [0.29, 0.717) is 10.7 Å². The summed E-state index contributed by atoms with van der Waals surface area (Å²) in [4.78, 5) is 24.1. The molecule has 0 saturated heterocycles. The number of hydrogen-bond donors (Lipinski definition) is 0. The molecule has 0 radical (unpaired) electrons. The number of para-hydroxylation sites is 1. The lowest BCUT2D eigenvalue weighted by Gasteiger charge is -2.15. The topological polar surface area (TPSA) is 37.4 Å². The van der Waals surface area contributed by atoms with E-state index in [0.717, 1.165) is 4.90 Å². The fourth-order valence-electron chi connectivity index (χ4n) is 1.30. The molecule has 3 nitrogen and oxygen atoms in total. The zero-order valence-corrected chi connectivity index (χ0v) is 9.75. The van der Waals surface area contributed by atoms with Gasteiger partial charge in [-0.15, -0.1) is 0 Å². The van der Waals surface area contributed by atoms with Gasteiger partial charge in [0.25, 0.3) is 11.8 Å². The van der Waals surface area contributed by atoms with Crippen molar-refractivity contribution in [3.05, 3.63) is 39.8 Å². The summed E-state index contributed by atoms with van der Waals surface area (Å²) in [6, 6.07) is 6.70. The summed E-state index contributed by atoms with van der Waals surface area (Å²) in [5.41, 5.74) is 0.403. The van der Waals surface area contributed by atoms with Crippen LogP contribution in [0, 0.1) is 0 Å². The average Bonchev–Trinajstić information content (AvgIpc) is 2.43. The number of amides is 2. The molecule has 76 valence electrons. The molecule has 1 aliphatic heterocycles. The van der Waals surface area contributed by atoms with Gasteiger partial charge in [0.1, 0.15) is 0 Å². The lowest BCUT2D eigenvalue weighted by molar-refractivity contribution is -0.120. The van der Waals surface area contributed by atoms with Crippen molar-refractivity contribution in [2.75, 3.05) is 4.90 Å². The summed E-state index contributed by atoms with van der Waals surface area (Å²) in [6.07, 6.45) is 1.23. The van der Waals surface area contributed by atoms with Crippen LogP contribution in [0.1, 0.15) is 0 Å². The maximum absolute atomic E-state index is 11.6. The Morgan fingerprint density at radius 1 is 1.20 bits per heavy atom. The molecule has 0 fully saturated rings. The molecule has 0 bridgehead atoms. The number of anilines is 1. The average molecular weight is 287 g/mol. The summed E-state index contributed by atoms with van der Waals surface area (Å²) in [7, 11) is 0. The van der Waals surface area contributed by atoms with Gasteiger partial charge in [0.15, 0.2) is 0 Å². The van der Waals surface area contributed by atoms with Crippen LogP contribution < -0.4 is 4.90 Å². The highest BCUT2D eigenvalue weighted by molar-refractivity contribution is 9.12. The molecule has 1 heterocycles. The number of imide groups is 1. The highest BCUT2D eigenvalue weighted by atomic mass is 79.9. The van der Waals surface area contributed by atoms with Gasteiger partial charge in [0.2, 0.25) is 0 Å². The fourth-order valence-corrected chi connectivity index (χ4v) is 1.90. The van der Waals surface area contributed by atoms with Crippen molar-refractivity contribution >= 4 is 45.0 Å². The molecule has 0 saturated carbocycles. The summed E-state index contributed by atoms with van der Waals surface area (Å²) in [6.45, 7) is 0. The molecule has 1 aromatic carbocycles. The predicted octanol–water partition coefficient (Wildman–Crippen LogP) is 2.49. The van der Waals surface area contributed by atoms with E-state index in [2.05, 4.69) is 15.9 Å². The Labute approximate surface area is 99.4 Å². The van der Waals surface area contributed by atoms with Gasteiger partial charge in [0, 0.05) is 6.08 Å². The molecule has 5 heteroatoms. The highest BCUT2D eigenvalue weighted by Crippen LogP contribution is 2.30. The molecule has 2 rings (SSSR count). The SMILES string of the molecule is O=C1C=C(Br)C(=O)N1c1ccccc1Cl. The molecule has 0 N–H and O–H groups in total. The number of nitrogens with zero attached hydrogens (tertiary/aromatic N) is 1. The van der Waals surface area contributed by atoms with E-state index in [4.69, 9.17) is 11.6 Å². The Kier molecular flexibility index (Phi) is 2.63. The summed E-state index contributed by atoms with van der Waals surface area (Å²) >= 11 is 8.91. The Hall–Kier alpha value is -1.13. The first kappa shape index (κ1) is 10.4. The number of carbonyl (C=O) groups is 2. The quantitative estimate of drug-likeness (QED) is 0.744. The van der Waals surface area contributed by atoms with Crippen molar-refractivity contribution in [1.29, 1.82) is 0 Å². The second-order valence-corrected chi connectivity index (χ2v) is 4.18. The first-order chi connectivity index (χ1) is 7.11. The van der Waals surface area contributed by atoms with Gasteiger partial charge in [-0.1, -0.05) is 23.7 Å². The third-order valence-electron chi connectivity index (χ3n) is 1.97. The second-order valence-electron chi connectivity index (χ2n) is 2.92. The van der Waals surface area contributed by atoms with Gasteiger partial charge in [-0.2, -0.15) is 0 Å². The van der Waals surface area contributed by atoms with E-state index < -0.39 is 5.91 Å². The minimum atomic E-state index is -0.395. The van der Waals surface area contributed by atoms with Crippen LogP contribution in [-0.4, -0.2) is 11.8 Å². The lowest BCUT2D eigenvalue weighted by atomic mass is 10.3. The summed E-state index contributed by atoms with van der Waals surface area (Å²) < 4.78 is 0.243. The van der Waals surface area contributed by atoms with Gasteiger partial charge >= 0.3 is 0 Å². The van der Waals surface area contributed by atoms with Crippen molar-refractivity contribution < 1.29 is 9.59 Å². The van der Waals surface area contributed by atoms with Crippen LogP contribution in [-0.2, 0) is 9.59 Å².